The van der Waals surface area contributed by atoms with E-state index in [-0.39, 0.29) is 0 Å². The zero-order valence-electron chi connectivity index (χ0n) is 13.1. The van der Waals surface area contributed by atoms with Gasteiger partial charge in [0.2, 0.25) is 4.77 Å². The molecule has 1 N–H and O–H groups in total. The number of fused-ring (bicyclic) bond motifs is 1. The lowest BCUT2D eigenvalue weighted by atomic mass is 9.96. The number of hydrogen-bond donors (Lipinski definition) is 1. The molecule has 1 fully saturated rings. The normalized spacial score (nSPS) is 21.1. The van der Waals surface area contributed by atoms with Gasteiger partial charge in [-0.25, -0.2) is 4.68 Å². The van der Waals surface area contributed by atoms with Gasteiger partial charge in [0, 0.05) is 17.5 Å². The van der Waals surface area contributed by atoms with Gasteiger partial charge in [0.25, 0.3) is 0 Å². The molecule has 7 heteroatoms. The highest BCUT2D eigenvalue weighted by Crippen LogP contribution is 2.48. The van der Waals surface area contributed by atoms with Crippen LogP contribution in [0.3, 0.4) is 0 Å². The first-order valence-electron chi connectivity index (χ1n) is 8.30. The average Bonchev–Trinajstić information content (AvgIpc) is 3.00. The molecule has 124 valence electrons. The second-order valence-electron chi connectivity index (χ2n) is 6.55. The van der Waals surface area contributed by atoms with Crippen LogP contribution < -0.4 is 0 Å². The predicted molar refractivity (Wildman–Crippen MR) is 101 cm³/mol. The van der Waals surface area contributed by atoms with Crippen molar-refractivity contribution in [3.63, 3.8) is 0 Å². The molecule has 0 aromatic carbocycles. The summed E-state index contributed by atoms with van der Waals surface area (Å²) in [6.07, 6.45) is 3.85. The summed E-state index contributed by atoms with van der Waals surface area (Å²) in [5.74, 6) is 1.69. The molecule has 0 unspecified atom stereocenters. The third-order valence-electron chi connectivity index (χ3n) is 4.94. The predicted octanol–water partition coefficient (Wildman–Crippen LogP) is 4.70. The van der Waals surface area contributed by atoms with E-state index in [1.165, 1.54) is 12.8 Å². The standard InChI is InChI=1S/C17H18N4S3/c22-17-18-16(14-2-1-8-23-14)19-21(17)10-20-7-5-13-12(6-9-24-13)15(20)11-3-4-11/h1-2,6,8-9,11,15H,3-5,7,10H2,(H,18,19,22)/t15-/m0/s1. The Morgan fingerprint density at radius 1 is 1.25 bits per heavy atom. The first-order valence-corrected chi connectivity index (χ1v) is 10.5. The molecule has 2 aliphatic rings. The quantitative estimate of drug-likeness (QED) is 0.673. The van der Waals surface area contributed by atoms with Gasteiger partial charge in [0.1, 0.15) is 0 Å². The van der Waals surface area contributed by atoms with Crippen LogP contribution in [0.5, 0.6) is 0 Å². The fourth-order valence-corrected chi connectivity index (χ4v) is 5.45. The largest absolute Gasteiger partial charge is 0.277 e. The molecule has 1 saturated carbocycles. The minimum atomic E-state index is 0.551. The summed E-state index contributed by atoms with van der Waals surface area (Å²) < 4.78 is 2.67. The van der Waals surface area contributed by atoms with E-state index in [2.05, 4.69) is 37.9 Å². The lowest BCUT2D eigenvalue weighted by Crippen LogP contribution is -2.37. The van der Waals surface area contributed by atoms with Crippen LogP contribution in [-0.2, 0) is 13.1 Å². The SMILES string of the molecule is S=c1nc(-c2cccs2)[nH]n1CN1CCc2sccc2[C@@H]1C1CC1. The number of H-pyrrole nitrogens is 1. The molecule has 24 heavy (non-hydrogen) atoms. The van der Waals surface area contributed by atoms with Gasteiger partial charge in [-0.05, 0) is 65.9 Å². The summed E-state index contributed by atoms with van der Waals surface area (Å²) in [6.45, 7) is 1.90. The van der Waals surface area contributed by atoms with Gasteiger partial charge < -0.3 is 0 Å². The molecule has 1 atom stereocenters. The zero-order chi connectivity index (χ0) is 16.1. The Balaban J connectivity index is 1.44. The highest BCUT2D eigenvalue weighted by Gasteiger charge is 2.40. The fourth-order valence-electron chi connectivity index (χ4n) is 3.68. The van der Waals surface area contributed by atoms with Crippen LogP contribution in [0, 0.1) is 10.7 Å². The lowest BCUT2D eigenvalue weighted by Gasteiger charge is -2.36. The van der Waals surface area contributed by atoms with Crippen LogP contribution in [0.2, 0.25) is 0 Å². The summed E-state index contributed by atoms with van der Waals surface area (Å²) in [5.41, 5.74) is 1.55. The Bertz CT molecular complexity index is 901. The van der Waals surface area contributed by atoms with E-state index in [1.807, 2.05) is 22.1 Å². The van der Waals surface area contributed by atoms with E-state index in [0.29, 0.717) is 10.8 Å². The van der Waals surface area contributed by atoms with Gasteiger partial charge in [0.05, 0.1) is 11.5 Å². The smallest absolute Gasteiger partial charge is 0.217 e. The molecule has 4 nitrogen and oxygen atoms in total. The maximum atomic E-state index is 5.50. The molecule has 3 aromatic rings. The van der Waals surface area contributed by atoms with Crippen LogP contribution in [0.15, 0.2) is 29.0 Å². The highest BCUT2D eigenvalue weighted by molar-refractivity contribution is 7.71. The molecular weight excluding hydrogens is 356 g/mol. The van der Waals surface area contributed by atoms with Crippen LogP contribution >= 0.6 is 34.9 Å². The van der Waals surface area contributed by atoms with Gasteiger partial charge in [0.15, 0.2) is 5.82 Å². The molecule has 4 heterocycles. The van der Waals surface area contributed by atoms with E-state index in [9.17, 15) is 0 Å². The number of nitrogens with one attached hydrogen (secondary N) is 1. The average molecular weight is 375 g/mol. The van der Waals surface area contributed by atoms with Gasteiger partial charge >= 0.3 is 0 Å². The van der Waals surface area contributed by atoms with Crippen LogP contribution in [-0.4, -0.2) is 26.2 Å². The van der Waals surface area contributed by atoms with Crippen molar-refractivity contribution in [1.82, 2.24) is 19.7 Å². The van der Waals surface area contributed by atoms with Crippen molar-refractivity contribution in [1.29, 1.82) is 0 Å². The number of thiophene rings is 2. The molecule has 1 aliphatic heterocycles. The van der Waals surface area contributed by atoms with Gasteiger partial charge in [-0.3, -0.25) is 10.00 Å². The Labute approximate surface area is 153 Å². The highest BCUT2D eigenvalue weighted by atomic mass is 32.1. The van der Waals surface area contributed by atoms with Crippen molar-refractivity contribution in [2.45, 2.75) is 32.0 Å². The third-order valence-corrected chi connectivity index (χ3v) is 7.13. The van der Waals surface area contributed by atoms with Gasteiger partial charge in [-0.15, -0.1) is 22.7 Å². The maximum absolute atomic E-state index is 5.50. The second kappa shape index (κ2) is 5.91. The summed E-state index contributed by atoms with van der Waals surface area (Å²) in [4.78, 5) is 9.84. The van der Waals surface area contributed by atoms with Crippen molar-refractivity contribution in [2.75, 3.05) is 6.54 Å². The molecule has 0 amide bonds. The second-order valence-corrected chi connectivity index (χ2v) is 8.86. The molecule has 0 saturated heterocycles. The minimum Gasteiger partial charge on any atom is -0.277 e. The number of aromatic amines is 1. The van der Waals surface area contributed by atoms with Crippen LogP contribution in [0.4, 0.5) is 0 Å². The summed E-state index contributed by atoms with van der Waals surface area (Å²) in [6, 6.07) is 7.00. The Hall–Kier alpha value is -1.28. The van der Waals surface area contributed by atoms with Crippen molar-refractivity contribution < 1.29 is 0 Å². The summed E-state index contributed by atoms with van der Waals surface area (Å²) in [5, 5.41) is 7.72. The maximum Gasteiger partial charge on any atom is 0.217 e. The van der Waals surface area contributed by atoms with Crippen molar-refractivity contribution in [2.24, 2.45) is 5.92 Å². The zero-order valence-corrected chi connectivity index (χ0v) is 15.6. The van der Waals surface area contributed by atoms with Crippen LogP contribution in [0.1, 0.15) is 29.3 Å². The molecule has 3 aromatic heterocycles. The van der Waals surface area contributed by atoms with E-state index in [4.69, 9.17) is 12.2 Å². The van der Waals surface area contributed by atoms with Gasteiger partial charge in [-0.1, -0.05) is 6.07 Å². The molecule has 1 aliphatic carbocycles. The monoisotopic (exact) mass is 374 g/mol. The van der Waals surface area contributed by atoms with Crippen molar-refractivity contribution in [3.8, 4) is 10.7 Å². The fraction of sp³-hybridized carbons (Fsp3) is 0.412. The third kappa shape index (κ3) is 2.60. The molecular formula is C17H18N4S3. The van der Waals surface area contributed by atoms with Crippen molar-refractivity contribution >= 4 is 34.9 Å². The Kier molecular flexibility index (Phi) is 3.70. The summed E-state index contributed by atoms with van der Waals surface area (Å²) in [7, 11) is 0. The van der Waals surface area contributed by atoms with Gasteiger partial charge in [-0.2, -0.15) is 4.98 Å². The number of hydrogen-bond acceptors (Lipinski definition) is 5. The Morgan fingerprint density at radius 3 is 2.96 bits per heavy atom. The molecule has 0 bridgehead atoms. The minimum absolute atomic E-state index is 0.551. The first-order chi connectivity index (χ1) is 11.8. The topological polar surface area (TPSA) is 36.9 Å². The van der Waals surface area contributed by atoms with Crippen LogP contribution in [0.25, 0.3) is 10.7 Å². The van der Waals surface area contributed by atoms with E-state index in [0.717, 1.165) is 36.3 Å². The van der Waals surface area contributed by atoms with E-state index < -0.39 is 0 Å². The molecule has 5 rings (SSSR count). The van der Waals surface area contributed by atoms with Crippen molar-refractivity contribution in [3.05, 3.63) is 44.2 Å². The number of nitrogens with zero attached hydrogens (tertiary/aromatic N) is 3. The Morgan fingerprint density at radius 2 is 2.17 bits per heavy atom. The molecule has 0 radical (unpaired) electrons. The van der Waals surface area contributed by atoms with E-state index >= 15 is 0 Å². The lowest BCUT2D eigenvalue weighted by molar-refractivity contribution is 0.117. The first kappa shape index (κ1) is 15.0. The molecule has 0 spiro atoms. The number of aromatic nitrogens is 3. The van der Waals surface area contributed by atoms with E-state index in [1.54, 1.807) is 21.8 Å². The summed E-state index contributed by atoms with van der Waals surface area (Å²) >= 11 is 9.10. The number of rotatable bonds is 4.